The lowest BCUT2D eigenvalue weighted by atomic mass is 9.83. The largest absolute Gasteiger partial charge is 0.497 e. The van der Waals surface area contributed by atoms with Gasteiger partial charge in [0.15, 0.2) is 0 Å². The van der Waals surface area contributed by atoms with Crippen LogP contribution in [0.2, 0.25) is 0 Å². The van der Waals surface area contributed by atoms with Crippen LogP contribution in [-0.2, 0) is 38.1 Å². The predicted molar refractivity (Wildman–Crippen MR) is 165 cm³/mol. The van der Waals surface area contributed by atoms with Crippen molar-refractivity contribution in [3.63, 3.8) is 0 Å². The van der Waals surface area contributed by atoms with E-state index in [2.05, 4.69) is 0 Å². The van der Waals surface area contributed by atoms with Crippen LogP contribution in [0.15, 0.2) is 95.6 Å². The lowest BCUT2D eigenvalue weighted by Gasteiger charge is -2.33. The second-order valence-electron chi connectivity index (χ2n) is 10.2. The monoisotopic (exact) mass is 632 g/mol. The highest BCUT2D eigenvalue weighted by Gasteiger charge is 2.37. The molecule has 2 aromatic carbocycles. The van der Waals surface area contributed by atoms with Crippen LogP contribution < -0.4 is 9.47 Å². The Balaban J connectivity index is 1.72. The van der Waals surface area contributed by atoms with Crippen molar-refractivity contribution < 1.29 is 47.6 Å². The fourth-order valence-corrected chi connectivity index (χ4v) is 5.43. The number of nitrogens with zero attached hydrogens (tertiary/aromatic N) is 2. The number of benzene rings is 2. The first-order valence-corrected chi connectivity index (χ1v) is 14.2. The fraction of sp³-hybridized carbons (Fsp3) is 0.294. The van der Waals surface area contributed by atoms with Gasteiger partial charge in [0.05, 0.1) is 76.8 Å². The second kappa shape index (κ2) is 15.0. The minimum Gasteiger partial charge on any atom is -0.497 e. The predicted octanol–water partition coefficient (Wildman–Crippen LogP) is 3.43. The van der Waals surface area contributed by atoms with E-state index < -0.39 is 35.7 Å². The minimum absolute atomic E-state index is 0.201. The number of hydrogen-bond acceptors (Lipinski definition) is 12. The molecular weight excluding hydrogens is 596 g/mol. The van der Waals surface area contributed by atoms with Crippen LogP contribution in [0.4, 0.5) is 0 Å². The molecule has 0 aromatic heterocycles. The van der Waals surface area contributed by atoms with Crippen LogP contribution >= 0.6 is 0 Å². The number of hydrogen-bond donors (Lipinski definition) is 0. The number of methoxy groups -OCH3 is 6. The maximum atomic E-state index is 13.1. The third kappa shape index (κ3) is 7.06. The van der Waals surface area contributed by atoms with Crippen molar-refractivity contribution in [2.24, 2.45) is 0 Å². The van der Waals surface area contributed by atoms with Crippen molar-refractivity contribution >= 4 is 23.9 Å². The zero-order valence-electron chi connectivity index (χ0n) is 26.5. The van der Waals surface area contributed by atoms with Crippen molar-refractivity contribution in [1.29, 1.82) is 0 Å². The maximum absolute atomic E-state index is 13.1. The molecule has 2 heterocycles. The molecule has 0 saturated carbocycles. The molecule has 2 aromatic rings. The average molecular weight is 633 g/mol. The number of carbonyl (C=O) groups is 4. The number of ether oxygens (including phenoxy) is 6. The van der Waals surface area contributed by atoms with Crippen LogP contribution in [0.25, 0.3) is 0 Å². The molecule has 0 amide bonds. The van der Waals surface area contributed by atoms with Crippen molar-refractivity contribution in [3.05, 3.63) is 107 Å². The molecule has 0 atom stereocenters. The normalized spacial score (nSPS) is 15.1. The van der Waals surface area contributed by atoms with Gasteiger partial charge in [-0.3, -0.25) is 0 Å². The van der Waals surface area contributed by atoms with E-state index in [0.29, 0.717) is 22.6 Å². The van der Waals surface area contributed by atoms with Gasteiger partial charge in [0.1, 0.15) is 11.5 Å². The average Bonchev–Trinajstić information content (AvgIpc) is 3.11. The van der Waals surface area contributed by atoms with Gasteiger partial charge in [-0.25, -0.2) is 19.2 Å². The topological polar surface area (TPSA) is 130 Å². The maximum Gasteiger partial charge on any atom is 0.336 e. The Labute approximate surface area is 267 Å². The van der Waals surface area contributed by atoms with Gasteiger partial charge in [0.25, 0.3) is 0 Å². The van der Waals surface area contributed by atoms with Gasteiger partial charge >= 0.3 is 23.9 Å². The Morgan fingerprint density at radius 1 is 0.522 bits per heavy atom. The molecule has 0 spiro atoms. The molecule has 4 rings (SSSR count). The Bertz CT molecular complexity index is 1440. The van der Waals surface area contributed by atoms with Crippen molar-refractivity contribution in [1.82, 2.24) is 9.80 Å². The van der Waals surface area contributed by atoms with E-state index in [1.165, 1.54) is 42.7 Å². The molecule has 12 nitrogen and oxygen atoms in total. The van der Waals surface area contributed by atoms with Crippen LogP contribution in [0.3, 0.4) is 0 Å². The van der Waals surface area contributed by atoms with E-state index in [4.69, 9.17) is 28.4 Å². The standard InChI is InChI=1S/C34H36N2O10/c1-41-23-11-7-9-21(15-23)29-25(31(37)43-3)17-35(18-26(29)32(38)44-4)13-14-36-19-27(33(39)45-5)30(28(20-36)34(40)46-6)22-10-8-12-24(16-22)42-2/h7-12,15-20,29-30H,13-14H2,1-6H3. The Morgan fingerprint density at radius 2 is 0.826 bits per heavy atom. The summed E-state index contributed by atoms with van der Waals surface area (Å²) in [6, 6.07) is 14.1. The second-order valence-corrected chi connectivity index (χ2v) is 10.2. The van der Waals surface area contributed by atoms with Crippen LogP contribution in [-0.4, -0.2) is 89.4 Å². The molecule has 2 aliphatic heterocycles. The van der Waals surface area contributed by atoms with Gasteiger partial charge in [-0.2, -0.15) is 0 Å². The molecule has 12 heteroatoms. The first-order chi connectivity index (χ1) is 22.2. The summed E-state index contributed by atoms with van der Waals surface area (Å²) in [5.74, 6) is -3.01. The van der Waals surface area contributed by atoms with Crippen molar-refractivity contribution in [2.45, 2.75) is 11.8 Å². The summed E-state index contributed by atoms with van der Waals surface area (Å²) in [6.07, 6.45) is 6.39. The summed E-state index contributed by atoms with van der Waals surface area (Å²) in [4.78, 5) is 55.6. The van der Waals surface area contributed by atoms with E-state index in [0.717, 1.165) is 0 Å². The molecule has 0 bridgehead atoms. The summed E-state index contributed by atoms with van der Waals surface area (Å²) in [5.41, 5.74) is 2.06. The summed E-state index contributed by atoms with van der Waals surface area (Å²) < 4.78 is 31.1. The first-order valence-electron chi connectivity index (χ1n) is 14.2. The van der Waals surface area contributed by atoms with Crippen LogP contribution in [0.5, 0.6) is 11.5 Å². The molecule has 2 aliphatic rings. The Morgan fingerprint density at radius 3 is 1.09 bits per heavy atom. The third-order valence-corrected chi connectivity index (χ3v) is 7.62. The summed E-state index contributed by atoms with van der Waals surface area (Å²) in [5, 5.41) is 0. The minimum atomic E-state index is -0.790. The summed E-state index contributed by atoms with van der Waals surface area (Å²) in [7, 11) is 8.09. The van der Waals surface area contributed by atoms with Gasteiger partial charge in [-0.05, 0) is 35.4 Å². The highest BCUT2D eigenvalue weighted by Crippen LogP contribution is 2.40. The number of rotatable bonds is 11. The molecule has 0 saturated heterocycles. The SMILES string of the molecule is COC(=O)C1=CN(CCN2C=C(C(=O)OC)C(c3cccc(OC)c3)C(C(=O)OC)=C2)C=C(C(=O)OC)C1c1cccc(OC)c1. The van der Waals surface area contributed by atoms with Gasteiger partial charge in [0.2, 0.25) is 0 Å². The molecular formula is C34H36N2O10. The lowest BCUT2D eigenvalue weighted by molar-refractivity contribution is -0.139. The highest BCUT2D eigenvalue weighted by atomic mass is 16.5. The zero-order valence-corrected chi connectivity index (χ0v) is 26.5. The Hall–Kier alpha value is -5.52. The summed E-state index contributed by atoms with van der Waals surface area (Å²) >= 11 is 0. The summed E-state index contributed by atoms with van der Waals surface area (Å²) in [6.45, 7) is 0.428. The molecule has 0 unspecified atom stereocenters. The van der Waals surface area contributed by atoms with Crippen LogP contribution in [0, 0.1) is 0 Å². The molecule has 0 fully saturated rings. The van der Waals surface area contributed by atoms with Gasteiger partial charge in [-0.15, -0.1) is 0 Å². The number of esters is 4. The number of carbonyl (C=O) groups excluding carboxylic acids is 4. The first kappa shape index (κ1) is 33.4. The molecule has 242 valence electrons. The third-order valence-electron chi connectivity index (χ3n) is 7.62. The molecule has 0 N–H and O–H groups in total. The Kier molecular flexibility index (Phi) is 10.9. The van der Waals surface area contributed by atoms with E-state index in [-0.39, 0.29) is 35.4 Å². The lowest BCUT2D eigenvalue weighted by Crippen LogP contribution is -2.34. The smallest absolute Gasteiger partial charge is 0.336 e. The van der Waals surface area contributed by atoms with E-state index >= 15 is 0 Å². The quantitative estimate of drug-likeness (QED) is 0.266. The molecule has 0 aliphatic carbocycles. The fourth-order valence-electron chi connectivity index (χ4n) is 5.43. The van der Waals surface area contributed by atoms with Crippen molar-refractivity contribution in [2.75, 3.05) is 55.7 Å². The van der Waals surface area contributed by atoms with E-state index in [9.17, 15) is 19.2 Å². The zero-order chi connectivity index (χ0) is 33.4. The van der Waals surface area contributed by atoms with Crippen LogP contribution in [0.1, 0.15) is 23.0 Å². The van der Waals surface area contributed by atoms with Gasteiger partial charge in [-0.1, -0.05) is 24.3 Å². The van der Waals surface area contributed by atoms with E-state index in [1.807, 2.05) is 0 Å². The highest BCUT2D eigenvalue weighted by molar-refractivity contribution is 5.99. The molecule has 46 heavy (non-hydrogen) atoms. The van der Waals surface area contributed by atoms with E-state index in [1.54, 1.807) is 83.1 Å². The van der Waals surface area contributed by atoms with Gasteiger partial charge < -0.3 is 38.2 Å². The van der Waals surface area contributed by atoms with Crippen molar-refractivity contribution in [3.8, 4) is 11.5 Å². The van der Waals surface area contributed by atoms with Gasteiger partial charge in [0, 0.05) is 37.9 Å². The molecule has 0 radical (unpaired) electrons.